The fraction of sp³-hybridized carbons (Fsp3) is 0.778. The van der Waals surface area contributed by atoms with E-state index in [1.54, 1.807) is 6.08 Å². The van der Waals surface area contributed by atoms with Gasteiger partial charge in [0.05, 0.1) is 12.9 Å². The molecule has 1 saturated heterocycles. The van der Waals surface area contributed by atoms with Gasteiger partial charge < -0.3 is 5.32 Å². The lowest BCUT2D eigenvalue weighted by molar-refractivity contribution is 0.400. The van der Waals surface area contributed by atoms with Gasteiger partial charge in [0.15, 0.2) is 0 Å². The van der Waals surface area contributed by atoms with E-state index in [1.807, 2.05) is 6.08 Å². The molecule has 1 N–H and O–H groups in total. The first-order valence-corrected chi connectivity index (χ1v) is 6.37. The molecular formula is C9H17NO3S. The summed E-state index contributed by atoms with van der Waals surface area (Å²) in [5.41, 5.74) is 0. The van der Waals surface area contributed by atoms with Crippen LogP contribution in [0.25, 0.3) is 0 Å². The van der Waals surface area contributed by atoms with E-state index < -0.39 is 10.1 Å². The van der Waals surface area contributed by atoms with Crippen molar-refractivity contribution >= 4 is 10.1 Å². The van der Waals surface area contributed by atoms with Gasteiger partial charge in [-0.25, -0.2) is 0 Å². The number of nitrogens with one attached hydrogen (secondary N) is 1. The van der Waals surface area contributed by atoms with Crippen LogP contribution < -0.4 is 5.32 Å². The number of hydrogen-bond acceptors (Lipinski definition) is 4. The Labute approximate surface area is 85.5 Å². The Morgan fingerprint density at radius 2 is 2.36 bits per heavy atom. The minimum Gasteiger partial charge on any atom is -0.316 e. The van der Waals surface area contributed by atoms with Crippen LogP contribution in [-0.2, 0) is 14.3 Å². The zero-order chi connectivity index (χ0) is 10.4. The van der Waals surface area contributed by atoms with Crippen LogP contribution in [0.15, 0.2) is 12.2 Å². The standard InChI is InChI=1S/C9H17NO3S/c1-13-14(11,12)7-3-5-9-4-2-6-10-8-9/h3,5,9-10H,2,4,6-8H2,1H3. The van der Waals surface area contributed by atoms with Crippen LogP contribution in [0.3, 0.4) is 0 Å². The first-order chi connectivity index (χ1) is 6.64. The van der Waals surface area contributed by atoms with Crippen LogP contribution >= 0.6 is 0 Å². The second-order valence-electron chi connectivity index (χ2n) is 3.43. The highest BCUT2D eigenvalue weighted by molar-refractivity contribution is 7.86. The molecule has 82 valence electrons. The van der Waals surface area contributed by atoms with Crippen LogP contribution in [0, 0.1) is 5.92 Å². The third kappa shape index (κ3) is 4.21. The summed E-state index contributed by atoms with van der Waals surface area (Å²) in [6, 6.07) is 0. The normalized spacial score (nSPS) is 24.2. The monoisotopic (exact) mass is 219 g/mol. The highest BCUT2D eigenvalue weighted by Crippen LogP contribution is 2.11. The largest absolute Gasteiger partial charge is 0.316 e. The van der Waals surface area contributed by atoms with Gasteiger partial charge in [-0.2, -0.15) is 8.42 Å². The lowest BCUT2D eigenvalue weighted by atomic mass is 9.99. The molecule has 0 aromatic carbocycles. The van der Waals surface area contributed by atoms with E-state index in [9.17, 15) is 8.42 Å². The van der Waals surface area contributed by atoms with Crippen LogP contribution in [0.2, 0.25) is 0 Å². The van der Waals surface area contributed by atoms with Crippen LogP contribution in [0.4, 0.5) is 0 Å². The highest BCUT2D eigenvalue weighted by Gasteiger charge is 2.10. The molecule has 5 heteroatoms. The lowest BCUT2D eigenvalue weighted by Gasteiger charge is -2.19. The minimum atomic E-state index is -3.33. The smallest absolute Gasteiger partial charge is 0.270 e. The van der Waals surface area contributed by atoms with Crippen molar-refractivity contribution in [2.45, 2.75) is 12.8 Å². The summed E-state index contributed by atoms with van der Waals surface area (Å²) in [5.74, 6) is 0.441. The molecule has 1 aliphatic rings. The Bertz CT molecular complexity index is 278. The van der Waals surface area contributed by atoms with E-state index in [1.165, 1.54) is 7.11 Å². The van der Waals surface area contributed by atoms with Crippen LogP contribution in [0.5, 0.6) is 0 Å². The maximum atomic E-state index is 11.0. The maximum absolute atomic E-state index is 11.0. The zero-order valence-corrected chi connectivity index (χ0v) is 9.22. The molecule has 0 saturated carbocycles. The Morgan fingerprint density at radius 3 is 2.93 bits per heavy atom. The Kier molecular flexibility index (Phi) is 4.57. The average molecular weight is 219 g/mol. The lowest BCUT2D eigenvalue weighted by Crippen LogP contribution is -2.28. The molecule has 14 heavy (non-hydrogen) atoms. The van der Waals surface area contributed by atoms with Crippen molar-refractivity contribution in [3.8, 4) is 0 Å². The quantitative estimate of drug-likeness (QED) is 0.553. The van der Waals surface area contributed by atoms with Crippen molar-refractivity contribution in [2.75, 3.05) is 26.0 Å². The molecule has 0 aromatic rings. The van der Waals surface area contributed by atoms with Crippen LogP contribution in [0.1, 0.15) is 12.8 Å². The van der Waals surface area contributed by atoms with Gasteiger partial charge in [-0.1, -0.05) is 12.2 Å². The fourth-order valence-electron chi connectivity index (χ4n) is 1.48. The molecule has 1 fully saturated rings. The molecule has 0 amide bonds. The molecule has 0 aromatic heterocycles. The van der Waals surface area contributed by atoms with E-state index in [0.29, 0.717) is 5.92 Å². The molecule has 0 bridgehead atoms. The summed E-state index contributed by atoms with van der Waals surface area (Å²) in [4.78, 5) is 0. The van der Waals surface area contributed by atoms with Crippen molar-refractivity contribution in [2.24, 2.45) is 5.92 Å². The van der Waals surface area contributed by atoms with E-state index in [-0.39, 0.29) is 5.75 Å². The second kappa shape index (κ2) is 5.48. The van der Waals surface area contributed by atoms with Crippen molar-refractivity contribution in [3.63, 3.8) is 0 Å². The van der Waals surface area contributed by atoms with E-state index in [2.05, 4.69) is 9.50 Å². The van der Waals surface area contributed by atoms with Gasteiger partial charge in [0.25, 0.3) is 10.1 Å². The molecule has 1 heterocycles. The zero-order valence-electron chi connectivity index (χ0n) is 8.40. The number of hydrogen-bond donors (Lipinski definition) is 1. The maximum Gasteiger partial charge on any atom is 0.270 e. The molecule has 0 aliphatic carbocycles. The molecule has 0 spiro atoms. The van der Waals surface area contributed by atoms with E-state index in [4.69, 9.17) is 0 Å². The Morgan fingerprint density at radius 1 is 1.57 bits per heavy atom. The molecule has 1 unspecified atom stereocenters. The van der Waals surface area contributed by atoms with Gasteiger partial charge in [0, 0.05) is 6.54 Å². The first kappa shape index (κ1) is 11.7. The van der Waals surface area contributed by atoms with Crippen molar-refractivity contribution < 1.29 is 12.6 Å². The molecule has 0 radical (unpaired) electrons. The summed E-state index contributed by atoms with van der Waals surface area (Å²) < 4.78 is 26.2. The van der Waals surface area contributed by atoms with Gasteiger partial charge in [-0.15, -0.1) is 0 Å². The predicted molar refractivity (Wildman–Crippen MR) is 55.5 cm³/mol. The highest BCUT2D eigenvalue weighted by atomic mass is 32.2. The number of piperidine rings is 1. The third-order valence-electron chi connectivity index (χ3n) is 2.30. The van der Waals surface area contributed by atoms with Gasteiger partial charge in [-0.3, -0.25) is 4.18 Å². The van der Waals surface area contributed by atoms with Crippen molar-refractivity contribution in [1.29, 1.82) is 0 Å². The first-order valence-electron chi connectivity index (χ1n) is 4.80. The molecule has 4 nitrogen and oxygen atoms in total. The molecule has 1 rings (SSSR count). The topological polar surface area (TPSA) is 55.4 Å². The summed E-state index contributed by atoms with van der Waals surface area (Å²) in [5, 5.41) is 3.26. The molecular weight excluding hydrogens is 202 g/mol. The summed E-state index contributed by atoms with van der Waals surface area (Å²) in [6.45, 7) is 2.02. The van der Waals surface area contributed by atoms with Crippen molar-refractivity contribution in [1.82, 2.24) is 5.32 Å². The minimum absolute atomic E-state index is 0.0278. The summed E-state index contributed by atoms with van der Waals surface area (Å²) in [6.07, 6.45) is 5.93. The molecule has 1 atom stereocenters. The molecule has 1 aliphatic heterocycles. The van der Waals surface area contributed by atoms with E-state index >= 15 is 0 Å². The summed E-state index contributed by atoms with van der Waals surface area (Å²) in [7, 11) is -2.14. The van der Waals surface area contributed by atoms with E-state index in [0.717, 1.165) is 25.9 Å². The SMILES string of the molecule is COS(=O)(=O)CC=CC1CCCNC1. The second-order valence-corrected chi connectivity index (χ2v) is 5.21. The Hall–Kier alpha value is -0.390. The van der Waals surface area contributed by atoms with Gasteiger partial charge >= 0.3 is 0 Å². The van der Waals surface area contributed by atoms with Gasteiger partial charge in [0.2, 0.25) is 0 Å². The van der Waals surface area contributed by atoms with Gasteiger partial charge in [0.1, 0.15) is 0 Å². The average Bonchev–Trinajstić information content (AvgIpc) is 2.19. The van der Waals surface area contributed by atoms with Crippen molar-refractivity contribution in [3.05, 3.63) is 12.2 Å². The third-order valence-corrected chi connectivity index (χ3v) is 3.41. The predicted octanol–water partition coefficient (Wildman–Crippen LogP) is 0.518. The fourth-order valence-corrected chi connectivity index (χ4v) is 1.96. The summed E-state index contributed by atoms with van der Waals surface area (Å²) >= 11 is 0. The van der Waals surface area contributed by atoms with Crippen LogP contribution in [-0.4, -0.2) is 34.4 Å². The Balaban J connectivity index is 2.32. The van der Waals surface area contributed by atoms with Gasteiger partial charge in [-0.05, 0) is 25.3 Å². The number of rotatable bonds is 4.